The molecule has 0 bridgehead atoms. The van der Waals surface area contributed by atoms with Crippen molar-refractivity contribution in [1.29, 1.82) is 0 Å². The van der Waals surface area contributed by atoms with Crippen LogP contribution in [0, 0.1) is 5.82 Å². The maximum absolute atomic E-state index is 12.9. The van der Waals surface area contributed by atoms with E-state index in [4.69, 9.17) is 4.74 Å². The molecule has 0 aliphatic heterocycles. The van der Waals surface area contributed by atoms with Gasteiger partial charge in [-0.2, -0.15) is 0 Å². The molecule has 5 nitrogen and oxygen atoms in total. The molecule has 0 spiro atoms. The largest absolute Gasteiger partial charge is 0.494 e. The van der Waals surface area contributed by atoms with Gasteiger partial charge < -0.3 is 10.1 Å². The third-order valence-corrected chi connectivity index (χ3v) is 5.92. The average molecular weight is 379 g/mol. The average Bonchev–Trinajstić information content (AvgIpc) is 2.62. The first-order valence-electron chi connectivity index (χ1n) is 8.28. The smallest absolute Gasteiger partial charge is 0.238 e. The van der Waals surface area contributed by atoms with Crippen molar-refractivity contribution in [2.24, 2.45) is 0 Å². The Morgan fingerprint density at radius 2 is 1.81 bits per heavy atom. The molecule has 1 N–H and O–H groups in total. The number of carbonyl (C=O) groups excluding carboxylic acids is 1. The van der Waals surface area contributed by atoms with Crippen LogP contribution in [0.2, 0.25) is 0 Å². The SMILES string of the molecule is CCOc1ccccc1CS(=O)(=O)C(C)C(=O)NCc1ccc(F)cc1. The zero-order valence-corrected chi connectivity index (χ0v) is 15.6. The zero-order valence-electron chi connectivity index (χ0n) is 14.7. The van der Waals surface area contributed by atoms with Crippen molar-refractivity contribution in [3.05, 3.63) is 65.5 Å². The van der Waals surface area contributed by atoms with Gasteiger partial charge in [-0.05, 0) is 37.6 Å². The lowest BCUT2D eigenvalue weighted by Gasteiger charge is -2.15. The summed E-state index contributed by atoms with van der Waals surface area (Å²) in [6.45, 7) is 3.73. The van der Waals surface area contributed by atoms with Crippen molar-refractivity contribution in [3.63, 3.8) is 0 Å². The molecule has 140 valence electrons. The van der Waals surface area contributed by atoms with Gasteiger partial charge in [-0.3, -0.25) is 4.79 Å². The van der Waals surface area contributed by atoms with Gasteiger partial charge in [0.25, 0.3) is 0 Å². The summed E-state index contributed by atoms with van der Waals surface area (Å²) in [7, 11) is -3.72. The van der Waals surface area contributed by atoms with Crippen LogP contribution in [0.15, 0.2) is 48.5 Å². The highest BCUT2D eigenvalue weighted by atomic mass is 32.2. The molecule has 0 radical (unpaired) electrons. The Kier molecular flexibility index (Phi) is 6.74. The minimum atomic E-state index is -3.72. The zero-order chi connectivity index (χ0) is 19.2. The van der Waals surface area contributed by atoms with Gasteiger partial charge in [0, 0.05) is 12.1 Å². The number of para-hydroxylation sites is 1. The van der Waals surface area contributed by atoms with Crippen molar-refractivity contribution in [2.75, 3.05) is 6.61 Å². The Balaban J connectivity index is 2.03. The van der Waals surface area contributed by atoms with Crippen molar-refractivity contribution < 1.29 is 22.3 Å². The van der Waals surface area contributed by atoms with Gasteiger partial charge in [-0.1, -0.05) is 30.3 Å². The van der Waals surface area contributed by atoms with Gasteiger partial charge in [0.1, 0.15) is 16.8 Å². The summed E-state index contributed by atoms with van der Waals surface area (Å²) in [4.78, 5) is 12.2. The van der Waals surface area contributed by atoms with Gasteiger partial charge >= 0.3 is 0 Å². The molecule has 1 unspecified atom stereocenters. The number of sulfone groups is 1. The molecule has 26 heavy (non-hydrogen) atoms. The van der Waals surface area contributed by atoms with Crippen LogP contribution in [0.1, 0.15) is 25.0 Å². The fourth-order valence-electron chi connectivity index (χ4n) is 2.36. The van der Waals surface area contributed by atoms with E-state index < -0.39 is 21.0 Å². The van der Waals surface area contributed by atoms with Crippen LogP contribution >= 0.6 is 0 Å². The lowest BCUT2D eigenvalue weighted by Crippen LogP contribution is -2.38. The summed E-state index contributed by atoms with van der Waals surface area (Å²) >= 11 is 0. The molecule has 0 saturated carbocycles. The Morgan fingerprint density at radius 1 is 1.15 bits per heavy atom. The molecule has 0 heterocycles. The van der Waals surface area contributed by atoms with Crippen LogP contribution in [0.3, 0.4) is 0 Å². The van der Waals surface area contributed by atoms with E-state index in [9.17, 15) is 17.6 Å². The molecule has 1 atom stereocenters. The quantitative estimate of drug-likeness (QED) is 0.766. The standard InChI is InChI=1S/C19H22FNO4S/c1-3-25-18-7-5-4-6-16(18)13-26(23,24)14(2)19(22)21-12-15-8-10-17(20)11-9-15/h4-11,14H,3,12-13H2,1-2H3,(H,21,22). The van der Waals surface area contributed by atoms with Crippen molar-refractivity contribution in [2.45, 2.75) is 31.4 Å². The van der Waals surface area contributed by atoms with Crippen molar-refractivity contribution >= 4 is 15.7 Å². The molecule has 2 rings (SSSR count). The lowest BCUT2D eigenvalue weighted by atomic mass is 10.2. The van der Waals surface area contributed by atoms with E-state index in [0.29, 0.717) is 23.5 Å². The molecule has 7 heteroatoms. The van der Waals surface area contributed by atoms with Gasteiger partial charge in [0.2, 0.25) is 5.91 Å². The maximum Gasteiger partial charge on any atom is 0.238 e. The number of ether oxygens (including phenoxy) is 1. The van der Waals surface area contributed by atoms with E-state index in [2.05, 4.69) is 5.32 Å². The second kappa shape index (κ2) is 8.80. The topological polar surface area (TPSA) is 72.5 Å². The van der Waals surface area contributed by atoms with Crippen LogP contribution in [0.5, 0.6) is 5.75 Å². The molecule has 0 fully saturated rings. The molecule has 2 aromatic rings. The number of nitrogens with one attached hydrogen (secondary N) is 1. The molecule has 0 aliphatic carbocycles. The number of rotatable bonds is 8. The fraction of sp³-hybridized carbons (Fsp3) is 0.316. The first-order valence-corrected chi connectivity index (χ1v) is 9.99. The Morgan fingerprint density at radius 3 is 2.46 bits per heavy atom. The van der Waals surface area contributed by atoms with Gasteiger partial charge in [-0.15, -0.1) is 0 Å². The van der Waals surface area contributed by atoms with E-state index in [1.165, 1.54) is 31.2 Å². The summed E-state index contributed by atoms with van der Waals surface area (Å²) in [5, 5.41) is 1.37. The van der Waals surface area contributed by atoms with E-state index in [0.717, 1.165) is 0 Å². The van der Waals surface area contributed by atoms with Crippen molar-refractivity contribution in [3.8, 4) is 5.75 Å². The first-order chi connectivity index (χ1) is 12.3. The van der Waals surface area contributed by atoms with Gasteiger partial charge in [0.05, 0.1) is 12.4 Å². The summed E-state index contributed by atoms with van der Waals surface area (Å²) in [5.74, 6) is -0.751. The van der Waals surface area contributed by atoms with Crippen LogP contribution < -0.4 is 10.1 Å². The highest BCUT2D eigenvalue weighted by Crippen LogP contribution is 2.22. The molecular weight excluding hydrogens is 357 g/mol. The van der Waals surface area contributed by atoms with Crippen LogP contribution in [-0.4, -0.2) is 26.2 Å². The molecule has 0 aromatic heterocycles. The minimum absolute atomic E-state index is 0.133. The van der Waals surface area contributed by atoms with Crippen LogP contribution in [-0.2, 0) is 26.9 Å². The Labute approximate surface area is 153 Å². The lowest BCUT2D eigenvalue weighted by molar-refractivity contribution is -0.120. The number of halogens is 1. The molecule has 2 aromatic carbocycles. The normalized spacial score (nSPS) is 12.4. The summed E-state index contributed by atoms with van der Waals surface area (Å²) in [5.41, 5.74) is 1.21. The van der Waals surface area contributed by atoms with E-state index in [1.54, 1.807) is 24.3 Å². The highest BCUT2D eigenvalue weighted by molar-refractivity contribution is 7.92. The second-order valence-corrected chi connectivity index (χ2v) is 8.16. The predicted molar refractivity (Wildman–Crippen MR) is 97.9 cm³/mol. The number of carbonyl (C=O) groups is 1. The number of amides is 1. The summed E-state index contributed by atoms with van der Waals surface area (Å²) in [6.07, 6.45) is 0. The summed E-state index contributed by atoms with van der Waals surface area (Å²) in [6, 6.07) is 12.5. The third-order valence-electron chi connectivity index (χ3n) is 3.92. The number of benzene rings is 2. The Bertz CT molecular complexity index is 850. The van der Waals surface area contributed by atoms with E-state index in [1.807, 2.05) is 6.92 Å². The Hall–Kier alpha value is -2.41. The minimum Gasteiger partial charge on any atom is -0.494 e. The fourth-order valence-corrected chi connectivity index (χ4v) is 3.69. The molecular formula is C19H22FNO4S. The molecule has 1 amide bonds. The van der Waals surface area contributed by atoms with Crippen LogP contribution in [0.4, 0.5) is 4.39 Å². The second-order valence-electron chi connectivity index (χ2n) is 5.83. The molecule has 0 saturated heterocycles. The number of hydrogen-bond acceptors (Lipinski definition) is 4. The monoisotopic (exact) mass is 379 g/mol. The number of hydrogen-bond donors (Lipinski definition) is 1. The molecule has 0 aliphatic rings. The van der Waals surface area contributed by atoms with E-state index >= 15 is 0 Å². The maximum atomic E-state index is 12.9. The van der Waals surface area contributed by atoms with E-state index in [-0.39, 0.29) is 18.1 Å². The van der Waals surface area contributed by atoms with Gasteiger partial charge in [-0.25, -0.2) is 12.8 Å². The van der Waals surface area contributed by atoms with Gasteiger partial charge in [0.15, 0.2) is 9.84 Å². The highest BCUT2D eigenvalue weighted by Gasteiger charge is 2.29. The predicted octanol–water partition coefficient (Wildman–Crippen LogP) is 2.84. The first kappa shape index (κ1) is 19.9. The third kappa shape index (κ3) is 5.29. The summed E-state index contributed by atoms with van der Waals surface area (Å²) < 4.78 is 43.5. The van der Waals surface area contributed by atoms with Crippen molar-refractivity contribution in [1.82, 2.24) is 5.32 Å². The van der Waals surface area contributed by atoms with Crippen LogP contribution in [0.25, 0.3) is 0 Å².